The van der Waals surface area contributed by atoms with E-state index >= 15 is 0 Å². The van der Waals surface area contributed by atoms with Crippen LogP contribution in [-0.4, -0.2) is 24.2 Å². The predicted molar refractivity (Wildman–Crippen MR) is 54.2 cm³/mol. The van der Waals surface area contributed by atoms with Crippen molar-refractivity contribution in [1.29, 1.82) is 0 Å². The van der Waals surface area contributed by atoms with E-state index < -0.39 is 17.9 Å². The molecule has 1 N–H and O–H groups in total. The van der Waals surface area contributed by atoms with Gasteiger partial charge in [-0.15, -0.1) is 0 Å². The molecule has 1 fully saturated rings. The molecule has 0 unspecified atom stereocenters. The Morgan fingerprint density at radius 3 is 2.27 bits per heavy atom. The van der Waals surface area contributed by atoms with Gasteiger partial charge in [0.05, 0.1) is 13.0 Å². The van der Waals surface area contributed by atoms with Crippen LogP contribution in [0.25, 0.3) is 0 Å². The highest BCUT2D eigenvalue weighted by molar-refractivity contribution is 5.88. The summed E-state index contributed by atoms with van der Waals surface area (Å²) >= 11 is 0. The summed E-state index contributed by atoms with van der Waals surface area (Å²) in [6.07, 6.45) is 1.70. The van der Waals surface area contributed by atoms with E-state index in [9.17, 15) is 9.59 Å². The molecule has 2 atom stereocenters. The zero-order valence-corrected chi connectivity index (χ0v) is 9.40. The lowest BCUT2D eigenvalue weighted by Gasteiger charge is -1.99. The summed E-state index contributed by atoms with van der Waals surface area (Å²) in [6.45, 7) is 5.41. The number of hydrogen-bond donors (Lipinski definition) is 1. The normalized spacial score (nSPS) is 28.4. The first-order valence-corrected chi connectivity index (χ1v) is 4.82. The van der Waals surface area contributed by atoms with Crippen LogP contribution >= 0.6 is 0 Å². The Hall–Kier alpha value is -1.32. The molecule has 0 heterocycles. The fourth-order valence-corrected chi connectivity index (χ4v) is 1.96. The van der Waals surface area contributed by atoms with Crippen LogP contribution in [0.4, 0.5) is 0 Å². The van der Waals surface area contributed by atoms with Gasteiger partial charge in [0.15, 0.2) is 0 Å². The number of carboxylic acids is 1. The van der Waals surface area contributed by atoms with Crippen LogP contribution in [-0.2, 0) is 14.3 Å². The Morgan fingerprint density at radius 1 is 1.40 bits per heavy atom. The monoisotopic (exact) mass is 212 g/mol. The molecule has 1 rings (SSSR count). The van der Waals surface area contributed by atoms with Crippen LogP contribution < -0.4 is 0 Å². The lowest BCUT2D eigenvalue weighted by atomic mass is 10.1. The van der Waals surface area contributed by atoms with E-state index in [1.807, 2.05) is 13.8 Å². The number of esters is 1. The zero-order valence-electron chi connectivity index (χ0n) is 9.40. The van der Waals surface area contributed by atoms with Crippen molar-refractivity contribution in [2.45, 2.75) is 20.8 Å². The molecule has 0 aromatic heterocycles. The molecular weight excluding hydrogens is 196 g/mol. The highest BCUT2D eigenvalue weighted by atomic mass is 16.5. The molecule has 0 amide bonds. The minimum atomic E-state index is -0.807. The maximum Gasteiger partial charge on any atom is 0.333 e. The highest BCUT2D eigenvalue weighted by Gasteiger charge is 2.61. The van der Waals surface area contributed by atoms with Gasteiger partial charge < -0.3 is 9.84 Å². The average Bonchev–Trinajstić information content (AvgIpc) is 2.66. The third-order valence-corrected chi connectivity index (χ3v) is 3.11. The molecule has 1 aliphatic carbocycles. The van der Waals surface area contributed by atoms with E-state index in [0.29, 0.717) is 5.57 Å². The minimum Gasteiger partial charge on any atom is -0.481 e. The maximum atomic E-state index is 11.1. The second kappa shape index (κ2) is 3.68. The van der Waals surface area contributed by atoms with Crippen molar-refractivity contribution in [3.63, 3.8) is 0 Å². The molecule has 0 aromatic rings. The lowest BCUT2D eigenvalue weighted by molar-refractivity contribution is -0.139. The first kappa shape index (κ1) is 11.8. The van der Waals surface area contributed by atoms with Crippen molar-refractivity contribution < 1.29 is 19.4 Å². The van der Waals surface area contributed by atoms with Gasteiger partial charge in [-0.3, -0.25) is 4.79 Å². The lowest BCUT2D eigenvalue weighted by Crippen LogP contribution is -2.03. The van der Waals surface area contributed by atoms with E-state index in [2.05, 4.69) is 4.74 Å². The summed E-state index contributed by atoms with van der Waals surface area (Å²) in [4.78, 5) is 22.0. The molecule has 15 heavy (non-hydrogen) atoms. The molecule has 0 radical (unpaired) electrons. The Labute approximate surface area is 88.9 Å². The maximum absolute atomic E-state index is 11.1. The molecule has 0 aliphatic heterocycles. The van der Waals surface area contributed by atoms with Gasteiger partial charge >= 0.3 is 11.9 Å². The van der Waals surface area contributed by atoms with Gasteiger partial charge in [-0.1, -0.05) is 19.9 Å². The largest absolute Gasteiger partial charge is 0.481 e. The molecule has 1 aliphatic rings. The van der Waals surface area contributed by atoms with Crippen LogP contribution in [0.2, 0.25) is 0 Å². The van der Waals surface area contributed by atoms with Crippen LogP contribution in [0.1, 0.15) is 20.8 Å². The fraction of sp³-hybridized carbons (Fsp3) is 0.636. The van der Waals surface area contributed by atoms with Crippen LogP contribution in [0.15, 0.2) is 11.6 Å². The summed E-state index contributed by atoms with van der Waals surface area (Å²) in [5.74, 6) is -1.67. The van der Waals surface area contributed by atoms with Gasteiger partial charge in [0, 0.05) is 5.57 Å². The predicted octanol–water partition coefficient (Wildman–Crippen LogP) is 1.46. The third kappa shape index (κ3) is 2.03. The summed E-state index contributed by atoms with van der Waals surface area (Å²) in [5, 5.41) is 8.92. The second-order valence-corrected chi connectivity index (χ2v) is 4.50. The highest BCUT2D eigenvalue weighted by Crippen LogP contribution is 2.59. The topological polar surface area (TPSA) is 63.6 Å². The second-order valence-electron chi connectivity index (χ2n) is 4.50. The number of ether oxygens (including phenoxy) is 1. The summed E-state index contributed by atoms with van der Waals surface area (Å²) in [7, 11) is 1.31. The molecule has 4 heteroatoms. The fourth-order valence-electron chi connectivity index (χ4n) is 1.96. The van der Waals surface area contributed by atoms with Crippen molar-refractivity contribution in [2.75, 3.05) is 7.11 Å². The molecule has 0 spiro atoms. The Morgan fingerprint density at radius 2 is 1.93 bits per heavy atom. The van der Waals surface area contributed by atoms with E-state index in [0.717, 1.165) is 0 Å². The number of aliphatic carboxylic acids is 1. The first-order chi connectivity index (χ1) is 6.82. The van der Waals surface area contributed by atoms with Gasteiger partial charge in [-0.2, -0.15) is 0 Å². The zero-order chi connectivity index (χ0) is 11.8. The standard InChI is InChI=1S/C11H16O4/c1-6(10(14)15-4)5-7-8(9(12)13)11(7,2)3/h5,7-8H,1-4H3,(H,12,13)/b6-5+/t7-,8+/m0/s1. The van der Waals surface area contributed by atoms with Gasteiger partial charge in [0.1, 0.15) is 0 Å². The van der Waals surface area contributed by atoms with Gasteiger partial charge in [-0.25, -0.2) is 4.79 Å². The average molecular weight is 212 g/mol. The number of carbonyl (C=O) groups is 2. The number of allylic oxidation sites excluding steroid dienone is 1. The molecular formula is C11H16O4. The van der Waals surface area contributed by atoms with Crippen molar-refractivity contribution in [3.8, 4) is 0 Å². The van der Waals surface area contributed by atoms with Crippen molar-refractivity contribution in [3.05, 3.63) is 11.6 Å². The number of hydrogen-bond acceptors (Lipinski definition) is 3. The number of methoxy groups -OCH3 is 1. The van der Waals surface area contributed by atoms with Gasteiger partial charge in [0.25, 0.3) is 0 Å². The Bertz CT molecular complexity index is 327. The summed E-state index contributed by atoms with van der Waals surface area (Å²) < 4.78 is 4.55. The first-order valence-electron chi connectivity index (χ1n) is 4.82. The van der Waals surface area contributed by atoms with Crippen LogP contribution in [0.3, 0.4) is 0 Å². The van der Waals surface area contributed by atoms with E-state index in [4.69, 9.17) is 5.11 Å². The molecule has 4 nitrogen and oxygen atoms in total. The van der Waals surface area contributed by atoms with Crippen LogP contribution in [0, 0.1) is 17.3 Å². The molecule has 1 saturated carbocycles. The Kier molecular flexibility index (Phi) is 2.88. The van der Waals surface area contributed by atoms with Crippen molar-refractivity contribution in [2.24, 2.45) is 17.3 Å². The number of carboxylic acid groups (broad SMARTS) is 1. The van der Waals surface area contributed by atoms with Crippen molar-refractivity contribution in [1.82, 2.24) is 0 Å². The van der Waals surface area contributed by atoms with Crippen LogP contribution in [0.5, 0.6) is 0 Å². The smallest absolute Gasteiger partial charge is 0.333 e. The van der Waals surface area contributed by atoms with E-state index in [1.165, 1.54) is 7.11 Å². The summed E-state index contributed by atoms with van der Waals surface area (Å²) in [6, 6.07) is 0. The van der Waals surface area contributed by atoms with Gasteiger partial charge in [-0.05, 0) is 18.3 Å². The minimum absolute atomic E-state index is 0.0749. The Balaban J connectivity index is 2.78. The number of rotatable bonds is 3. The molecule has 0 aromatic carbocycles. The van der Waals surface area contributed by atoms with Crippen molar-refractivity contribution >= 4 is 11.9 Å². The summed E-state index contributed by atoms with van der Waals surface area (Å²) in [5.41, 5.74) is 0.209. The molecule has 0 bridgehead atoms. The SMILES string of the molecule is COC(=O)/C(C)=C/[C@H]1[C@H](C(=O)O)C1(C)C. The molecule has 0 saturated heterocycles. The molecule has 84 valence electrons. The third-order valence-electron chi connectivity index (χ3n) is 3.11. The van der Waals surface area contributed by atoms with E-state index in [-0.39, 0.29) is 11.3 Å². The van der Waals surface area contributed by atoms with Gasteiger partial charge in [0.2, 0.25) is 0 Å². The number of carbonyl (C=O) groups excluding carboxylic acids is 1. The quantitative estimate of drug-likeness (QED) is 0.568. The van der Waals surface area contributed by atoms with E-state index in [1.54, 1.807) is 13.0 Å².